The summed E-state index contributed by atoms with van der Waals surface area (Å²) in [5.74, 6) is 9.20. The van der Waals surface area contributed by atoms with Gasteiger partial charge >= 0.3 is 12.1 Å². The largest absolute Gasteiger partial charge is 0.425 e. The summed E-state index contributed by atoms with van der Waals surface area (Å²) in [6.45, 7) is 9.57. The van der Waals surface area contributed by atoms with Gasteiger partial charge in [0.25, 0.3) is 0 Å². The topological polar surface area (TPSA) is 306 Å². The molecular weight excluding hydrogens is 1560 g/mol. The van der Waals surface area contributed by atoms with Crippen LogP contribution in [0.2, 0.25) is 0 Å². The summed E-state index contributed by atoms with van der Waals surface area (Å²) in [5.41, 5.74) is 35.6. The molecule has 3 fully saturated rings. The first-order valence-electron chi connectivity index (χ1n) is 43.5. The van der Waals surface area contributed by atoms with E-state index in [0.717, 1.165) is 105 Å². The van der Waals surface area contributed by atoms with Crippen LogP contribution in [0.4, 0.5) is 39.5 Å². The van der Waals surface area contributed by atoms with Gasteiger partial charge in [-0.25, -0.2) is 11.2 Å². The van der Waals surface area contributed by atoms with E-state index in [1.165, 1.54) is 196 Å². The number of nitrogens with two attached hydrogens (primary N) is 3. The van der Waals surface area contributed by atoms with Crippen LogP contribution in [0.5, 0.6) is 17.2 Å². The predicted octanol–water partition coefficient (Wildman–Crippen LogP) is 18.2. The Labute approximate surface area is 723 Å². The van der Waals surface area contributed by atoms with E-state index in [2.05, 4.69) is 177 Å². The second kappa shape index (κ2) is 45.5. The third-order valence-electron chi connectivity index (χ3n) is 23.8. The normalized spacial score (nSPS) is 17.9. The Kier molecular flexibility index (Phi) is 32.4. The lowest BCUT2D eigenvalue weighted by molar-refractivity contribution is 0.222. The van der Waals surface area contributed by atoms with E-state index >= 15 is 0 Å². The van der Waals surface area contributed by atoms with E-state index in [4.69, 9.17) is 43.5 Å². The van der Waals surface area contributed by atoms with E-state index in [9.17, 15) is 0 Å². The van der Waals surface area contributed by atoms with Crippen molar-refractivity contribution in [1.29, 1.82) is 11.9 Å². The molecule has 0 amide bonds. The smallest absolute Gasteiger partial charge is 0.400 e. The van der Waals surface area contributed by atoms with Gasteiger partial charge in [0.05, 0.1) is 18.4 Å². The van der Waals surface area contributed by atoms with Crippen molar-refractivity contribution in [3.8, 4) is 51.8 Å². The van der Waals surface area contributed by atoms with E-state index in [1.54, 1.807) is 28.9 Å². The van der Waals surface area contributed by atoms with Crippen LogP contribution in [0.1, 0.15) is 147 Å². The summed E-state index contributed by atoms with van der Waals surface area (Å²) >= 11 is 0. The zero-order valence-corrected chi connectivity index (χ0v) is 71.9. The van der Waals surface area contributed by atoms with Gasteiger partial charge in [0.15, 0.2) is 17.8 Å². The van der Waals surface area contributed by atoms with Crippen LogP contribution in [-0.4, -0.2) is 134 Å². The SMILES string of the molecule is F.N#CNC(=Nc1ccc2c(c1)CC[C@@H](N1CCCC1)CC2)Oc1ccccc1.N=CN=C(Oc1ccccc1)Oc1ccccc1.NNc1cc2c(nn1)-c1ccccc1CCC2.Nc1ccc2c(c1)CC[C@@H](N1CCCC1)CC2.Nc1nc(Nc2ccc3c(c2)CC[C@@H](N2CCCC2)CC3)nn1-c1cc2c(nn1)-c1ccccc1CCC2.[2HH].[2H]P(C)P. The molecule has 2 unspecified atom stereocenters. The Hall–Kier alpha value is -11.4. The molecule has 3 aromatic heterocycles. The number of nitrogens with one attached hydrogen (secondary N) is 4. The maximum Gasteiger partial charge on any atom is 0.400 e. The average molecular weight is 1680 g/mol. The lowest BCUT2D eigenvalue weighted by Gasteiger charge is -2.25. The number of hydrazine groups is 1. The number of rotatable bonds is 12. The minimum atomic E-state index is -0.454. The highest BCUT2D eigenvalue weighted by Crippen LogP contribution is 2.36. The lowest BCUT2D eigenvalue weighted by atomic mass is 10.0. The van der Waals surface area contributed by atoms with Crippen LogP contribution >= 0.6 is 17.1 Å². The van der Waals surface area contributed by atoms with Crippen LogP contribution < -0.4 is 47.6 Å². The summed E-state index contributed by atoms with van der Waals surface area (Å²) in [5, 5.41) is 44.0. The average Bonchev–Trinajstić information content (AvgIpc) is 1.62. The Morgan fingerprint density at radius 2 is 0.951 bits per heavy atom. The molecule has 0 radical (unpaired) electrons. The van der Waals surface area contributed by atoms with E-state index in [1.807, 2.05) is 97.8 Å². The van der Waals surface area contributed by atoms with Crippen LogP contribution in [0.3, 0.4) is 0 Å². The minimum absolute atomic E-state index is 0. The quantitative estimate of drug-likeness (QED) is 0.00688. The molecule has 11 aromatic rings. The van der Waals surface area contributed by atoms with Gasteiger partial charge in [0.1, 0.15) is 23.6 Å². The van der Waals surface area contributed by atoms with Gasteiger partial charge in [-0.2, -0.15) is 24.9 Å². The fourth-order valence-corrected chi connectivity index (χ4v) is 17.8. The summed E-state index contributed by atoms with van der Waals surface area (Å²) in [7, 11) is 1.94. The van der Waals surface area contributed by atoms with Crippen LogP contribution in [0.15, 0.2) is 216 Å². The number of nitrogens with zero attached hydrogens (tertiary/aromatic N) is 13. The number of hydrogen-bond acceptors (Lipinski definition) is 20. The molecule has 636 valence electrons. The number of aryl methyl sites for hydroxylation is 10. The van der Waals surface area contributed by atoms with E-state index < -0.39 is 8.21 Å². The molecule has 23 nitrogen and oxygen atoms in total. The van der Waals surface area contributed by atoms with Crippen molar-refractivity contribution in [2.75, 3.05) is 68.1 Å². The molecule has 122 heavy (non-hydrogen) atoms. The van der Waals surface area contributed by atoms with Crippen LogP contribution in [-0.2, 0) is 64.2 Å². The number of benzene rings is 8. The molecule has 3 aliphatic heterocycles. The second-order valence-corrected chi connectivity index (χ2v) is 33.8. The lowest BCUT2D eigenvalue weighted by Crippen LogP contribution is -2.32. The maximum atomic E-state index is 9.03. The number of para-hydroxylation sites is 3. The van der Waals surface area contributed by atoms with E-state index in [0.29, 0.717) is 52.9 Å². The van der Waals surface area contributed by atoms with Crippen molar-refractivity contribution in [2.45, 2.75) is 172 Å². The van der Waals surface area contributed by atoms with Crippen LogP contribution in [0, 0.1) is 16.9 Å². The van der Waals surface area contributed by atoms with E-state index in [-0.39, 0.29) is 18.2 Å². The van der Waals surface area contributed by atoms with Gasteiger partial charge in [-0.15, -0.1) is 42.6 Å². The van der Waals surface area contributed by atoms with Gasteiger partial charge in [-0.3, -0.25) is 10.1 Å². The molecule has 0 bridgehead atoms. The monoisotopic (exact) mass is 1680 g/mol. The first-order chi connectivity index (χ1) is 59.8. The number of amidine groups is 1. The Bertz CT molecular complexity index is 5300. The van der Waals surface area contributed by atoms with Gasteiger partial charge in [-0.05, 0) is 341 Å². The molecule has 0 spiro atoms. The number of fused-ring (bicyclic) bond motifs is 9. The standard InChI is InChI=1S/C30H34N8.C23H26N4O.C15H22N2.C14H12N2O2.C13H14N4.CH6P2.FH.H2/c31-29-33-30(32-24-13-10-20-11-14-25(15-12-22(20)18-24)37-16-3-4-17-37)36-38(29)27-19-23-8-5-7-21-6-1-2-9-26(21)28(23)35-34-27;24-17-25-23(28-22-6-2-1-3-7-22)26-20-11-8-18-9-12-21(13-10-19(18)16-20)27-14-4-5-15-27;16-14-6-3-12-4-7-15(8-5-13(12)11-14)17-9-1-2-10-17;15-11-16-14(17-12-7-3-1-4-8-12)18-13-9-5-2-6-10-13;14-15-12-8-10-6-3-5-9-4-1-2-7-11(9)13(10)17-16-12;1-3-2;;/h1-2,6,9-10,13,18-19,25H,3-5,7-8,11-12,14-17H2,(H3,31,32,33,36);1-3,6-8,11,16,21H,4-5,9-10,12-15H2,(H,25,26);3,6,11,15H,1-2,4-5,7-10,16H2;1-11,15H;1-2,4,7-8H,3,5-6,14H2,(H,15,16);3H,2H2,1H3;2*1H/t25-;21-;15-;;;;;/m000...../s1/i;;;;;3D;;1+1. The van der Waals surface area contributed by atoms with Crippen molar-refractivity contribution in [3.63, 3.8) is 0 Å². The summed E-state index contributed by atoms with van der Waals surface area (Å²) < 4.78 is 24.8. The molecule has 6 heterocycles. The molecular formula is C96H117FN20O3P2. The minimum Gasteiger partial charge on any atom is -0.425 e. The van der Waals surface area contributed by atoms with Gasteiger partial charge in [0, 0.05) is 42.1 Å². The zero-order chi connectivity index (χ0) is 84.2. The van der Waals surface area contributed by atoms with Gasteiger partial charge in [0.2, 0.25) is 11.9 Å². The molecule has 5 atom stereocenters. The van der Waals surface area contributed by atoms with Crippen molar-refractivity contribution in [2.24, 2.45) is 15.8 Å². The highest BCUT2D eigenvalue weighted by atomic mass is 32.0. The highest BCUT2D eigenvalue weighted by Gasteiger charge is 2.29. The molecule has 19 rings (SSSR count). The van der Waals surface area contributed by atoms with Crippen molar-refractivity contribution >= 4 is 70.4 Å². The number of aromatic nitrogens is 7. The molecule has 8 aliphatic rings. The molecule has 10 N–H and O–H groups in total. The second-order valence-electron chi connectivity index (χ2n) is 31.7. The Morgan fingerprint density at radius 1 is 0.516 bits per heavy atom. The first kappa shape index (κ1) is 87.0. The molecule has 8 aromatic carbocycles. The third kappa shape index (κ3) is 24.5. The third-order valence-corrected chi connectivity index (χ3v) is 23.8. The Balaban J connectivity index is 0.000000145. The fourth-order valence-electron chi connectivity index (χ4n) is 17.8. The van der Waals surface area contributed by atoms with Gasteiger partial charge in [-0.1, -0.05) is 121 Å². The number of hydrogen-bond donors (Lipinski definition) is 7. The Morgan fingerprint density at radius 3 is 1.45 bits per heavy atom. The summed E-state index contributed by atoms with van der Waals surface area (Å²) in [6, 6.07) is 70.5. The van der Waals surface area contributed by atoms with Crippen molar-refractivity contribution < 1.29 is 20.3 Å². The van der Waals surface area contributed by atoms with Gasteiger partial charge < -0.3 is 51.1 Å². The van der Waals surface area contributed by atoms with Crippen LogP contribution in [0.25, 0.3) is 28.3 Å². The molecule has 5 aliphatic carbocycles. The fraction of sp³-hybridized carbons (Fsp3) is 0.354. The van der Waals surface area contributed by atoms with Crippen molar-refractivity contribution in [3.05, 3.63) is 262 Å². The number of ether oxygens (including phenoxy) is 3. The number of nitriles is 1. The van der Waals surface area contributed by atoms with Crippen molar-refractivity contribution in [1.82, 2.24) is 55.2 Å². The number of anilines is 5. The predicted molar refractivity (Wildman–Crippen MR) is 499 cm³/mol. The summed E-state index contributed by atoms with van der Waals surface area (Å²) in [6.07, 6.45) is 31.8. The number of likely N-dealkylation sites (tertiary alicyclic amines) is 3. The molecule has 3 saturated heterocycles. The zero-order valence-electron chi connectivity index (χ0n) is 70.9. The summed E-state index contributed by atoms with van der Waals surface area (Å²) in [4.78, 5) is 20.8. The number of halogens is 1. The first-order valence-corrected chi connectivity index (χ1v) is 46.0. The number of nitrogen functional groups attached to an aromatic ring is 3. The highest BCUT2D eigenvalue weighted by molar-refractivity contribution is 8.02. The number of aliphatic imine (C=N–C) groups is 2. The maximum absolute atomic E-state index is 9.03. The molecule has 0 saturated carbocycles. The molecule has 26 heteroatoms.